The van der Waals surface area contributed by atoms with Crippen LogP contribution in [0.25, 0.3) is 23.0 Å². The second-order valence-corrected chi connectivity index (χ2v) is 8.38. The van der Waals surface area contributed by atoms with E-state index in [1.807, 2.05) is 89.7 Å². The molecule has 1 N–H and O–H groups in total. The summed E-state index contributed by atoms with van der Waals surface area (Å²) >= 11 is 6.86. The molecule has 148 valence electrons. The van der Waals surface area contributed by atoms with Crippen molar-refractivity contribution in [2.75, 3.05) is 5.32 Å². The highest BCUT2D eigenvalue weighted by Crippen LogP contribution is 2.26. The minimum Gasteiger partial charge on any atom is -0.323 e. The van der Waals surface area contributed by atoms with Crippen molar-refractivity contribution in [3.05, 3.63) is 106 Å². The van der Waals surface area contributed by atoms with Gasteiger partial charge in [-0.15, -0.1) is 0 Å². The Morgan fingerprint density at radius 3 is 2.17 bits per heavy atom. The molecule has 30 heavy (non-hydrogen) atoms. The van der Waals surface area contributed by atoms with Gasteiger partial charge in [-0.2, -0.15) is 5.10 Å². The molecule has 0 aliphatic carbocycles. The monoisotopic (exact) mass is 521 g/mol. The first-order valence-electron chi connectivity index (χ1n) is 9.24. The lowest BCUT2D eigenvalue weighted by atomic mass is 10.1. The Morgan fingerprint density at radius 2 is 1.50 bits per heavy atom. The van der Waals surface area contributed by atoms with Gasteiger partial charge in [0.2, 0.25) is 5.91 Å². The number of carbonyl (C=O) groups excluding carboxylic acids is 1. The third-order valence-electron chi connectivity index (χ3n) is 4.41. The van der Waals surface area contributed by atoms with Crippen molar-refractivity contribution in [1.82, 2.24) is 9.78 Å². The van der Waals surface area contributed by atoms with Crippen molar-refractivity contribution in [3.8, 4) is 16.9 Å². The van der Waals surface area contributed by atoms with E-state index in [-0.39, 0.29) is 5.91 Å². The largest absolute Gasteiger partial charge is 0.323 e. The minimum absolute atomic E-state index is 0.202. The molecule has 0 unspecified atom stereocenters. The van der Waals surface area contributed by atoms with Crippen LogP contribution in [0.15, 0.2) is 100 Å². The van der Waals surface area contributed by atoms with E-state index in [0.717, 1.165) is 37.1 Å². The highest BCUT2D eigenvalue weighted by Gasteiger charge is 2.11. The molecule has 4 aromatic rings. The molecule has 0 saturated carbocycles. The van der Waals surface area contributed by atoms with E-state index >= 15 is 0 Å². The van der Waals surface area contributed by atoms with Crippen LogP contribution in [0.5, 0.6) is 0 Å². The first-order valence-corrected chi connectivity index (χ1v) is 10.8. The Hall–Kier alpha value is -2.96. The van der Waals surface area contributed by atoms with Gasteiger partial charge in [-0.05, 0) is 54.6 Å². The van der Waals surface area contributed by atoms with Crippen molar-refractivity contribution in [3.63, 3.8) is 0 Å². The Kier molecular flexibility index (Phi) is 6.26. The van der Waals surface area contributed by atoms with E-state index in [4.69, 9.17) is 5.10 Å². The van der Waals surface area contributed by atoms with Crippen molar-refractivity contribution < 1.29 is 4.79 Å². The standard InChI is InChI=1S/C24H17Br2N3O/c25-19-9-6-17(7-10-19)24-18(16-29(28-24)22-4-2-1-3-5-22)8-15-23(30)27-21-13-11-20(26)12-14-21/h1-16H,(H,27,30)/b15-8-. The summed E-state index contributed by atoms with van der Waals surface area (Å²) in [6.45, 7) is 0. The van der Waals surface area contributed by atoms with Crippen molar-refractivity contribution in [2.45, 2.75) is 0 Å². The summed E-state index contributed by atoms with van der Waals surface area (Å²) in [4.78, 5) is 12.4. The molecule has 4 nitrogen and oxygen atoms in total. The number of hydrogen-bond acceptors (Lipinski definition) is 2. The molecule has 0 radical (unpaired) electrons. The maximum Gasteiger partial charge on any atom is 0.248 e. The van der Waals surface area contributed by atoms with Crippen LogP contribution in [-0.4, -0.2) is 15.7 Å². The van der Waals surface area contributed by atoms with E-state index in [1.165, 1.54) is 6.08 Å². The van der Waals surface area contributed by atoms with Gasteiger partial charge in [-0.3, -0.25) is 4.79 Å². The fourth-order valence-electron chi connectivity index (χ4n) is 2.94. The molecular formula is C24H17Br2N3O. The average molecular weight is 523 g/mol. The molecule has 1 amide bonds. The summed E-state index contributed by atoms with van der Waals surface area (Å²) in [5, 5.41) is 7.63. The predicted molar refractivity (Wildman–Crippen MR) is 129 cm³/mol. The highest BCUT2D eigenvalue weighted by atomic mass is 79.9. The molecule has 0 bridgehead atoms. The Bertz CT molecular complexity index is 1180. The minimum atomic E-state index is -0.202. The second kappa shape index (κ2) is 9.24. The molecule has 1 heterocycles. The lowest BCUT2D eigenvalue weighted by Crippen LogP contribution is -2.07. The summed E-state index contributed by atoms with van der Waals surface area (Å²) in [6, 6.07) is 25.3. The van der Waals surface area contributed by atoms with Gasteiger partial charge in [-0.25, -0.2) is 4.68 Å². The first-order chi connectivity index (χ1) is 14.6. The number of halogens is 2. The van der Waals surface area contributed by atoms with Gasteiger partial charge in [0.05, 0.1) is 11.4 Å². The van der Waals surface area contributed by atoms with Gasteiger partial charge < -0.3 is 5.32 Å². The molecule has 0 spiro atoms. The van der Waals surface area contributed by atoms with Gasteiger partial charge in [0.25, 0.3) is 0 Å². The highest BCUT2D eigenvalue weighted by molar-refractivity contribution is 9.10. The zero-order valence-electron chi connectivity index (χ0n) is 15.8. The SMILES string of the molecule is O=C(/C=C\c1cn(-c2ccccc2)nc1-c1ccc(Br)cc1)Nc1ccc(Br)cc1. The lowest BCUT2D eigenvalue weighted by molar-refractivity contribution is -0.111. The number of benzene rings is 3. The number of nitrogens with zero attached hydrogens (tertiary/aromatic N) is 2. The molecule has 0 fully saturated rings. The number of para-hydroxylation sites is 1. The van der Waals surface area contributed by atoms with Crippen LogP contribution in [0.1, 0.15) is 5.56 Å². The maximum atomic E-state index is 12.4. The maximum absolute atomic E-state index is 12.4. The summed E-state index contributed by atoms with van der Waals surface area (Å²) in [5.74, 6) is -0.202. The zero-order chi connectivity index (χ0) is 20.9. The number of nitrogens with one attached hydrogen (secondary N) is 1. The van der Waals surface area contributed by atoms with E-state index in [2.05, 4.69) is 37.2 Å². The smallest absolute Gasteiger partial charge is 0.248 e. The number of rotatable bonds is 5. The molecule has 6 heteroatoms. The van der Waals surface area contributed by atoms with Crippen LogP contribution in [0.2, 0.25) is 0 Å². The Balaban J connectivity index is 1.64. The molecule has 0 saturated heterocycles. The number of anilines is 1. The molecule has 0 aliphatic rings. The summed E-state index contributed by atoms with van der Waals surface area (Å²) in [7, 11) is 0. The van der Waals surface area contributed by atoms with Crippen molar-refractivity contribution >= 4 is 49.5 Å². The third-order valence-corrected chi connectivity index (χ3v) is 5.46. The molecule has 3 aromatic carbocycles. The molecular weight excluding hydrogens is 506 g/mol. The molecule has 1 aromatic heterocycles. The zero-order valence-corrected chi connectivity index (χ0v) is 19.0. The third kappa shape index (κ3) is 4.96. The van der Waals surface area contributed by atoms with Crippen LogP contribution < -0.4 is 5.32 Å². The van der Waals surface area contributed by atoms with Gasteiger partial charge in [0, 0.05) is 38.0 Å². The lowest BCUT2D eigenvalue weighted by Gasteiger charge is -2.02. The number of carbonyl (C=O) groups is 1. The Labute approximate surface area is 191 Å². The topological polar surface area (TPSA) is 46.9 Å². The van der Waals surface area contributed by atoms with Crippen molar-refractivity contribution in [2.24, 2.45) is 0 Å². The number of amides is 1. The predicted octanol–water partition coefficient (Wildman–Crippen LogP) is 6.72. The summed E-state index contributed by atoms with van der Waals surface area (Å²) < 4.78 is 3.78. The van der Waals surface area contributed by atoms with Gasteiger partial charge in [0.1, 0.15) is 0 Å². The molecule has 4 rings (SSSR count). The van der Waals surface area contributed by atoms with Gasteiger partial charge >= 0.3 is 0 Å². The van der Waals surface area contributed by atoms with Crippen LogP contribution >= 0.6 is 31.9 Å². The van der Waals surface area contributed by atoms with E-state index in [1.54, 1.807) is 6.08 Å². The fourth-order valence-corrected chi connectivity index (χ4v) is 3.47. The van der Waals surface area contributed by atoms with Crippen LogP contribution in [0.4, 0.5) is 5.69 Å². The number of aromatic nitrogens is 2. The average Bonchev–Trinajstić information content (AvgIpc) is 3.19. The summed E-state index contributed by atoms with van der Waals surface area (Å²) in [6.07, 6.45) is 5.24. The van der Waals surface area contributed by atoms with E-state index < -0.39 is 0 Å². The molecule has 0 aliphatic heterocycles. The molecule has 0 atom stereocenters. The summed E-state index contributed by atoms with van der Waals surface area (Å²) in [5.41, 5.74) is 4.32. The Morgan fingerprint density at radius 1 is 0.867 bits per heavy atom. The van der Waals surface area contributed by atoms with E-state index in [9.17, 15) is 4.79 Å². The normalized spacial score (nSPS) is 11.0. The van der Waals surface area contributed by atoms with Crippen molar-refractivity contribution in [1.29, 1.82) is 0 Å². The van der Waals surface area contributed by atoms with E-state index in [0.29, 0.717) is 0 Å². The first kappa shape index (κ1) is 20.3. The van der Waals surface area contributed by atoms with Crippen LogP contribution in [-0.2, 0) is 4.79 Å². The quantitative estimate of drug-likeness (QED) is 0.296. The second-order valence-electron chi connectivity index (χ2n) is 6.55. The van der Waals surface area contributed by atoms with Crippen LogP contribution in [0.3, 0.4) is 0 Å². The van der Waals surface area contributed by atoms with Gasteiger partial charge in [0.15, 0.2) is 0 Å². The van der Waals surface area contributed by atoms with Crippen LogP contribution in [0, 0.1) is 0 Å². The fraction of sp³-hybridized carbons (Fsp3) is 0. The number of hydrogen-bond donors (Lipinski definition) is 1. The van der Waals surface area contributed by atoms with Gasteiger partial charge in [-0.1, -0.05) is 62.2 Å².